The van der Waals surface area contributed by atoms with Gasteiger partial charge in [-0.3, -0.25) is 4.90 Å². The summed E-state index contributed by atoms with van der Waals surface area (Å²) in [5.41, 5.74) is 0.255. The van der Waals surface area contributed by atoms with E-state index in [2.05, 4.69) is 50.0 Å². The smallest absolute Gasteiger partial charge is 0.0328 e. The van der Waals surface area contributed by atoms with E-state index in [9.17, 15) is 0 Å². The van der Waals surface area contributed by atoms with Gasteiger partial charge in [-0.05, 0) is 77.7 Å². The largest absolute Gasteiger partial charge is 0.312 e. The molecule has 1 saturated heterocycles. The van der Waals surface area contributed by atoms with E-state index in [1.807, 2.05) is 11.3 Å². The molecule has 114 valence electrons. The molecule has 0 aromatic carbocycles. The first-order valence-electron chi connectivity index (χ1n) is 8.01. The van der Waals surface area contributed by atoms with Crippen molar-refractivity contribution in [1.82, 2.24) is 10.2 Å². The van der Waals surface area contributed by atoms with Crippen LogP contribution in [0.25, 0.3) is 0 Å². The molecule has 2 rings (SSSR count). The summed E-state index contributed by atoms with van der Waals surface area (Å²) in [4.78, 5) is 5.68. The van der Waals surface area contributed by atoms with Crippen molar-refractivity contribution >= 4 is 11.3 Å². The average Bonchev–Trinajstić information content (AvgIpc) is 2.85. The average molecular weight is 295 g/mol. The summed E-state index contributed by atoms with van der Waals surface area (Å²) < 4.78 is 0. The van der Waals surface area contributed by atoms with Crippen molar-refractivity contribution in [3.63, 3.8) is 0 Å². The van der Waals surface area contributed by atoms with Crippen LogP contribution in [0.5, 0.6) is 0 Å². The molecular formula is C17H30N2S. The van der Waals surface area contributed by atoms with Gasteiger partial charge in [-0.1, -0.05) is 6.92 Å². The van der Waals surface area contributed by atoms with Crippen molar-refractivity contribution < 1.29 is 0 Å². The van der Waals surface area contributed by atoms with Crippen molar-refractivity contribution in [3.8, 4) is 0 Å². The third-order valence-corrected chi connectivity index (χ3v) is 5.29. The first-order chi connectivity index (χ1) is 9.46. The predicted octanol–water partition coefficient (Wildman–Crippen LogP) is 3.91. The first kappa shape index (κ1) is 16.0. The lowest BCUT2D eigenvalue weighted by atomic mass is 9.95. The van der Waals surface area contributed by atoms with Crippen LogP contribution in [-0.2, 0) is 13.0 Å². The lowest BCUT2D eigenvalue weighted by molar-refractivity contribution is 0.171. The van der Waals surface area contributed by atoms with Crippen molar-refractivity contribution in [2.24, 2.45) is 5.92 Å². The van der Waals surface area contributed by atoms with Gasteiger partial charge in [0.1, 0.15) is 0 Å². The number of piperidine rings is 1. The van der Waals surface area contributed by atoms with Gasteiger partial charge in [0.25, 0.3) is 0 Å². The molecule has 1 aromatic rings. The predicted molar refractivity (Wildman–Crippen MR) is 89.5 cm³/mol. The van der Waals surface area contributed by atoms with Crippen LogP contribution in [0.3, 0.4) is 0 Å². The molecule has 2 nitrogen and oxygen atoms in total. The highest BCUT2D eigenvalue weighted by Gasteiger charge is 2.21. The Morgan fingerprint density at radius 3 is 2.40 bits per heavy atom. The molecule has 0 spiro atoms. The van der Waals surface area contributed by atoms with E-state index in [0.29, 0.717) is 0 Å². The van der Waals surface area contributed by atoms with Gasteiger partial charge in [0.15, 0.2) is 0 Å². The second-order valence-corrected chi connectivity index (χ2v) is 8.32. The number of rotatable bonds is 5. The summed E-state index contributed by atoms with van der Waals surface area (Å²) in [6.45, 7) is 13.9. The van der Waals surface area contributed by atoms with Gasteiger partial charge in [0.05, 0.1) is 0 Å². The fourth-order valence-electron chi connectivity index (χ4n) is 2.72. The molecule has 0 bridgehead atoms. The van der Waals surface area contributed by atoms with Gasteiger partial charge in [-0.15, -0.1) is 11.3 Å². The standard InChI is InChI=1S/C17H30N2S/c1-5-15-6-7-16(20-15)13-19-10-8-14(9-11-19)12-18-17(2,3)4/h6-7,14,18H,5,8-13H2,1-4H3. The Hall–Kier alpha value is -0.380. The van der Waals surface area contributed by atoms with E-state index < -0.39 is 0 Å². The second kappa shape index (κ2) is 7.06. The molecule has 2 heterocycles. The zero-order chi connectivity index (χ0) is 14.6. The molecule has 0 atom stereocenters. The number of hydrogen-bond donors (Lipinski definition) is 1. The van der Waals surface area contributed by atoms with E-state index in [0.717, 1.165) is 12.5 Å². The van der Waals surface area contributed by atoms with Gasteiger partial charge in [0, 0.05) is 21.8 Å². The van der Waals surface area contributed by atoms with Crippen LogP contribution in [0.2, 0.25) is 0 Å². The van der Waals surface area contributed by atoms with E-state index >= 15 is 0 Å². The normalized spacial score (nSPS) is 18.6. The molecule has 1 aliphatic heterocycles. The van der Waals surface area contributed by atoms with Crippen molar-refractivity contribution in [2.75, 3.05) is 19.6 Å². The number of nitrogens with one attached hydrogen (secondary N) is 1. The summed E-state index contributed by atoms with van der Waals surface area (Å²) in [7, 11) is 0. The summed E-state index contributed by atoms with van der Waals surface area (Å²) in [6, 6.07) is 4.61. The quantitative estimate of drug-likeness (QED) is 0.885. The monoisotopic (exact) mass is 294 g/mol. The Bertz CT molecular complexity index is 397. The van der Waals surface area contributed by atoms with Crippen molar-refractivity contribution in [2.45, 2.75) is 59.0 Å². The minimum absolute atomic E-state index is 0.255. The molecular weight excluding hydrogens is 264 g/mol. The Morgan fingerprint density at radius 2 is 1.85 bits per heavy atom. The maximum Gasteiger partial charge on any atom is 0.0328 e. The van der Waals surface area contributed by atoms with Gasteiger partial charge >= 0.3 is 0 Å². The maximum absolute atomic E-state index is 3.65. The fourth-order valence-corrected chi connectivity index (χ4v) is 3.72. The number of thiophene rings is 1. The number of likely N-dealkylation sites (tertiary alicyclic amines) is 1. The van der Waals surface area contributed by atoms with E-state index in [-0.39, 0.29) is 5.54 Å². The lowest BCUT2D eigenvalue weighted by Crippen LogP contribution is -2.42. The maximum atomic E-state index is 3.65. The SMILES string of the molecule is CCc1ccc(CN2CCC(CNC(C)(C)C)CC2)s1. The number of hydrogen-bond acceptors (Lipinski definition) is 3. The minimum Gasteiger partial charge on any atom is -0.312 e. The van der Waals surface area contributed by atoms with E-state index in [1.54, 1.807) is 0 Å². The highest BCUT2D eigenvalue weighted by atomic mass is 32.1. The van der Waals surface area contributed by atoms with Crippen LogP contribution in [-0.4, -0.2) is 30.1 Å². The van der Waals surface area contributed by atoms with Crippen LogP contribution in [0.1, 0.15) is 50.3 Å². The van der Waals surface area contributed by atoms with Crippen molar-refractivity contribution in [3.05, 3.63) is 21.9 Å². The minimum atomic E-state index is 0.255. The summed E-state index contributed by atoms with van der Waals surface area (Å²) in [5, 5.41) is 3.65. The fraction of sp³-hybridized carbons (Fsp3) is 0.765. The molecule has 20 heavy (non-hydrogen) atoms. The van der Waals surface area contributed by atoms with Crippen LogP contribution in [0.15, 0.2) is 12.1 Å². The molecule has 1 N–H and O–H groups in total. The number of nitrogens with zero attached hydrogens (tertiary/aromatic N) is 1. The third kappa shape index (κ3) is 5.19. The van der Waals surface area contributed by atoms with Gasteiger partial charge in [0.2, 0.25) is 0 Å². The van der Waals surface area contributed by atoms with E-state index in [1.165, 1.54) is 48.7 Å². The zero-order valence-corrected chi connectivity index (χ0v) is 14.4. The van der Waals surface area contributed by atoms with Gasteiger partial charge < -0.3 is 5.32 Å². The van der Waals surface area contributed by atoms with Gasteiger partial charge in [-0.2, -0.15) is 0 Å². The Balaban J connectivity index is 1.71. The summed E-state index contributed by atoms with van der Waals surface area (Å²) in [5.74, 6) is 0.861. The van der Waals surface area contributed by atoms with Crippen molar-refractivity contribution in [1.29, 1.82) is 0 Å². The molecule has 0 aliphatic carbocycles. The molecule has 0 amide bonds. The Kier molecular flexibility index (Phi) is 5.65. The van der Waals surface area contributed by atoms with Crippen LogP contribution < -0.4 is 5.32 Å². The summed E-state index contributed by atoms with van der Waals surface area (Å²) in [6.07, 6.45) is 3.86. The van der Waals surface area contributed by atoms with Crippen LogP contribution in [0, 0.1) is 5.92 Å². The molecule has 1 aliphatic rings. The zero-order valence-electron chi connectivity index (χ0n) is 13.5. The third-order valence-electron chi connectivity index (χ3n) is 4.07. The highest BCUT2D eigenvalue weighted by Crippen LogP contribution is 2.23. The highest BCUT2D eigenvalue weighted by molar-refractivity contribution is 7.11. The topological polar surface area (TPSA) is 15.3 Å². The molecule has 0 saturated carbocycles. The Labute approximate surface area is 128 Å². The lowest BCUT2D eigenvalue weighted by Gasteiger charge is -2.33. The second-order valence-electron chi connectivity index (χ2n) is 7.07. The molecule has 0 unspecified atom stereocenters. The van der Waals surface area contributed by atoms with E-state index in [4.69, 9.17) is 0 Å². The van der Waals surface area contributed by atoms with Gasteiger partial charge in [-0.25, -0.2) is 0 Å². The molecule has 1 fully saturated rings. The molecule has 0 radical (unpaired) electrons. The summed E-state index contributed by atoms with van der Waals surface area (Å²) >= 11 is 1.99. The van der Waals surface area contributed by atoms with Crippen LogP contribution >= 0.6 is 11.3 Å². The molecule has 3 heteroatoms. The Morgan fingerprint density at radius 1 is 1.20 bits per heavy atom. The number of aryl methyl sites for hydroxylation is 1. The van der Waals surface area contributed by atoms with Crippen LogP contribution in [0.4, 0.5) is 0 Å². The first-order valence-corrected chi connectivity index (χ1v) is 8.83. The molecule has 1 aromatic heterocycles.